The van der Waals surface area contributed by atoms with E-state index in [-0.39, 0.29) is 16.9 Å². The van der Waals surface area contributed by atoms with E-state index in [0.29, 0.717) is 11.2 Å². The van der Waals surface area contributed by atoms with E-state index in [1.807, 2.05) is 0 Å². The van der Waals surface area contributed by atoms with E-state index < -0.39 is 0 Å². The van der Waals surface area contributed by atoms with E-state index in [1.165, 1.54) is 0 Å². The van der Waals surface area contributed by atoms with E-state index in [0.717, 1.165) is 25.3 Å². The number of imidazole rings is 1. The van der Waals surface area contributed by atoms with E-state index >= 15 is 0 Å². The van der Waals surface area contributed by atoms with Gasteiger partial charge >= 0.3 is 0 Å². The number of nitrogens with zero attached hydrogens (tertiary/aromatic N) is 2. The average molecular weight is 234 g/mol. The van der Waals surface area contributed by atoms with Crippen LogP contribution in [0, 0.1) is 0 Å². The summed E-state index contributed by atoms with van der Waals surface area (Å²) in [6.45, 7) is 3.92. The molecule has 0 saturated carbocycles. The number of hydrogen-bond acceptors (Lipinski definition) is 5. The Morgan fingerprint density at radius 3 is 2.88 bits per heavy atom. The summed E-state index contributed by atoms with van der Waals surface area (Å²) in [6, 6.07) is 0. The van der Waals surface area contributed by atoms with E-state index in [4.69, 9.17) is 5.73 Å². The molecule has 7 heteroatoms. The van der Waals surface area contributed by atoms with Crippen molar-refractivity contribution in [2.45, 2.75) is 18.8 Å². The van der Waals surface area contributed by atoms with Gasteiger partial charge in [-0.2, -0.15) is 4.98 Å². The molecule has 0 spiro atoms. The van der Waals surface area contributed by atoms with Gasteiger partial charge in [0, 0.05) is 12.0 Å². The fourth-order valence-electron chi connectivity index (χ4n) is 2.23. The summed E-state index contributed by atoms with van der Waals surface area (Å²) in [5.41, 5.74) is 5.92. The van der Waals surface area contributed by atoms with Gasteiger partial charge in [0.2, 0.25) is 5.95 Å². The summed E-state index contributed by atoms with van der Waals surface area (Å²) in [7, 11) is 0. The molecule has 0 amide bonds. The summed E-state index contributed by atoms with van der Waals surface area (Å²) < 4.78 is 0. The van der Waals surface area contributed by atoms with Gasteiger partial charge in [0.1, 0.15) is 5.82 Å². The molecule has 1 saturated heterocycles. The number of nitrogens with two attached hydrogens (primary N) is 1. The first-order chi connectivity index (χ1) is 8.08. The average Bonchev–Trinajstić information content (AvgIpc) is 2.84. The third-order valence-corrected chi connectivity index (χ3v) is 3.32. The minimum Gasteiger partial charge on any atom is -0.369 e. The summed E-state index contributed by atoms with van der Waals surface area (Å²) in [6.07, 6.45) is 0.986. The number of aromatic nitrogens is 4. The number of aromatic amines is 2. The Kier molecular flexibility index (Phi) is 1.99. The van der Waals surface area contributed by atoms with Gasteiger partial charge in [0.15, 0.2) is 11.2 Å². The molecule has 5 N–H and O–H groups in total. The minimum absolute atomic E-state index is 0.0676. The normalized spacial score (nSPS) is 24.5. The van der Waals surface area contributed by atoms with Crippen LogP contribution in [-0.4, -0.2) is 33.0 Å². The second-order valence-electron chi connectivity index (χ2n) is 4.72. The lowest BCUT2D eigenvalue weighted by Gasteiger charge is -2.18. The zero-order valence-corrected chi connectivity index (χ0v) is 9.50. The number of rotatable bonds is 1. The molecule has 0 bridgehead atoms. The van der Waals surface area contributed by atoms with Crippen LogP contribution >= 0.6 is 0 Å². The molecular formula is C10H14N6O. The maximum atomic E-state index is 11.7. The van der Waals surface area contributed by atoms with Crippen molar-refractivity contribution in [2.75, 3.05) is 18.8 Å². The van der Waals surface area contributed by atoms with Crippen LogP contribution in [0.3, 0.4) is 0 Å². The molecular weight excluding hydrogens is 220 g/mol. The Balaban J connectivity index is 2.20. The van der Waals surface area contributed by atoms with Crippen LogP contribution in [-0.2, 0) is 5.41 Å². The monoisotopic (exact) mass is 234 g/mol. The van der Waals surface area contributed by atoms with Crippen molar-refractivity contribution in [2.24, 2.45) is 0 Å². The Labute approximate surface area is 96.9 Å². The molecule has 0 aliphatic carbocycles. The number of H-pyrrole nitrogens is 2. The first kappa shape index (κ1) is 10.3. The molecule has 7 nitrogen and oxygen atoms in total. The minimum atomic E-state index is -0.277. The van der Waals surface area contributed by atoms with Crippen molar-refractivity contribution in [3.05, 3.63) is 16.2 Å². The smallest absolute Gasteiger partial charge is 0.278 e. The maximum Gasteiger partial charge on any atom is 0.278 e. The summed E-state index contributed by atoms with van der Waals surface area (Å²) in [5.74, 6) is 0.886. The van der Waals surface area contributed by atoms with Crippen LogP contribution < -0.4 is 16.6 Å². The van der Waals surface area contributed by atoms with Crippen LogP contribution in [0.25, 0.3) is 11.2 Å². The molecule has 1 unspecified atom stereocenters. The molecule has 1 atom stereocenters. The van der Waals surface area contributed by atoms with Crippen molar-refractivity contribution in [3.8, 4) is 0 Å². The molecule has 1 aliphatic heterocycles. The zero-order valence-electron chi connectivity index (χ0n) is 9.50. The lowest BCUT2D eigenvalue weighted by atomic mass is 9.89. The third-order valence-electron chi connectivity index (χ3n) is 3.32. The van der Waals surface area contributed by atoms with Gasteiger partial charge in [-0.25, -0.2) is 4.98 Å². The Bertz CT molecular complexity index is 621. The Hall–Kier alpha value is -1.89. The van der Waals surface area contributed by atoms with E-state index in [1.54, 1.807) is 0 Å². The lowest BCUT2D eigenvalue weighted by Crippen LogP contribution is -2.26. The predicted octanol–water partition coefficient (Wildman–Crippen LogP) is -0.521. The van der Waals surface area contributed by atoms with Gasteiger partial charge in [0.05, 0.1) is 0 Å². The zero-order chi connectivity index (χ0) is 12.0. The highest BCUT2D eigenvalue weighted by atomic mass is 16.1. The first-order valence-corrected chi connectivity index (χ1v) is 5.55. The van der Waals surface area contributed by atoms with Gasteiger partial charge in [0.25, 0.3) is 5.56 Å². The fourth-order valence-corrected chi connectivity index (χ4v) is 2.23. The third kappa shape index (κ3) is 1.50. The van der Waals surface area contributed by atoms with Gasteiger partial charge < -0.3 is 16.0 Å². The first-order valence-electron chi connectivity index (χ1n) is 5.55. The standard InChI is InChI=1S/C10H14N6O/c1-10(2-3-12-4-10)8-13-5-6(14-8)15-9(11)16-7(5)17/h12H,2-4H2,1H3,(H4,11,13,14,15,16,17). The van der Waals surface area contributed by atoms with Crippen molar-refractivity contribution in [3.63, 3.8) is 0 Å². The van der Waals surface area contributed by atoms with Crippen LogP contribution in [0.4, 0.5) is 5.95 Å². The maximum absolute atomic E-state index is 11.7. The van der Waals surface area contributed by atoms with Gasteiger partial charge in [-0.1, -0.05) is 6.92 Å². The topological polar surface area (TPSA) is 112 Å². The Morgan fingerprint density at radius 2 is 2.18 bits per heavy atom. The summed E-state index contributed by atoms with van der Waals surface area (Å²) >= 11 is 0. The molecule has 2 aromatic rings. The molecule has 17 heavy (non-hydrogen) atoms. The summed E-state index contributed by atoms with van der Waals surface area (Å²) in [4.78, 5) is 25.6. The summed E-state index contributed by atoms with van der Waals surface area (Å²) in [5, 5.41) is 3.29. The number of anilines is 1. The second-order valence-corrected chi connectivity index (χ2v) is 4.72. The predicted molar refractivity (Wildman–Crippen MR) is 63.8 cm³/mol. The quantitative estimate of drug-likeness (QED) is 0.530. The van der Waals surface area contributed by atoms with Crippen molar-refractivity contribution in [1.29, 1.82) is 0 Å². The number of nitrogen functional groups attached to an aromatic ring is 1. The highest BCUT2D eigenvalue weighted by Gasteiger charge is 2.33. The second kappa shape index (κ2) is 3.30. The van der Waals surface area contributed by atoms with Crippen molar-refractivity contribution in [1.82, 2.24) is 25.3 Å². The van der Waals surface area contributed by atoms with Crippen LogP contribution in [0.5, 0.6) is 0 Å². The molecule has 1 aliphatic rings. The number of hydrogen-bond donors (Lipinski definition) is 4. The number of nitrogens with one attached hydrogen (secondary N) is 3. The fraction of sp³-hybridized carbons (Fsp3) is 0.500. The van der Waals surface area contributed by atoms with Crippen LogP contribution in [0.15, 0.2) is 4.79 Å². The van der Waals surface area contributed by atoms with Gasteiger partial charge in [-0.05, 0) is 13.0 Å². The molecule has 90 valence electrons. The lowest BCUT2D eigenvalue weighted by molar-refractivity contribution is 0.496. The molecule has 3 rings (SSSR count). The van der Waals surface area contributed by atoms with Crippen molar-refractivity contribution >= 4 is 17.1 Å². The highest BCUT2D eigenvalue weighted by Crippen LogP contribution is 2.28. The largest absolute Gasteiger partial charge is 0.369 e. The van der Waals surface area contributed by atoms with Crippen LogP contribution in [0.1, 0.15) is 19.2 Å². The SMILES string of the molecule is CC1(c2nc3nc(N)[nH]c(=O)c3[nH]2)CCNC1. The number of fused-ring (bicyclic) bond motifs is 1. The van der Waals surface area contributed by atoms with Gasteiger partial charge in [-0.3, -0.25) is 9.78 Å². The van der Waals surface area contributed by atoms with Gasteiger partial charge in [-0.15, -0.1) is 0 Å². The van der Waals surface area contributed by atoms with Crippen LogP contribution in [0.2, 0.25) is 0 Å². The highest BCUT2D eigenvalue weighted by molar-refractivity contribution is 5.70. The molecule has 3 heterocycles. The molecule has 0 radical (unpaired) electrons. The van der Waals surface area contributed by atoms with Crippen molar-refractivity contribution < 1.29 is 0 Å². The Morgan fingerprint density at radius 1 is 1.35 bits per heavy atom. The van der Waals surface area contributed by atoms with E-state index in [9.17, 15) is 4.79 Å². The molecule has 0 aromatic carbocycles. The molecule has 1 fully saturated rings. The van der Waals surface area contributed by atoms with E-state index in [2.05, 4.69) is 32.2 Å². The molecule has 2 aromatic heterocycles.